The highest BCUT2D eigenvalue weighted by atomic mass is 16.3. The van der Waals surface area contributed by atoms with Crippen molar-refractivity contribution < 1.29 is 5.11 Å². The number of phenols is 1. The van der Waals surface area contributed by atoms with Crippen molar-refractivity contribution in [3.63, 3.8) is 0 Å². The van der Waals surface area contributed by atoms with Gasteiger partial charge in [0.1, 0.15) is 5.75 Å². The van der Waals surface area contributed by atoms with Crippen molar-refractivity contribution in [2.24, 2.45) is 11.8 Å². The second-order valence-corrected chi connectivity index (χ2v) is 5.62. The summed E-state index contributed by atoms with van der Waals surface area (Å²) < 4.78 is 0. The van der Waals surface area contributed by atoms with Gasteiger partial charge in [-0.2, -0.15) is 0 Å². The van der Waals surface area contributed by atoms with Crippen LogP contribution >= 0.6 is 0 Å². The Labute approximate surface area is 99.5 Å². The van der Waals surface area contributed by atoms with E-state index in [1.54, 1.807) is 0 Å². The van der Waals surface area contributed by atoms with Crippen LogP contribution in [0.2, 0.25) is 0 Å². The van der Waals surface area contributed by atoms with E-state index < -0.39 is 0 Å². The van der Waals surface area contributed by atoms with Crippen LogP contribution in [0.25, 0.3) is 0 Å². The van der Waals surface area contributed by atoms with E-state index in [4.69, 9.17) is 0 Å². The summed E-state index contributed by atoms with van der Waals surface area (Å²) in [5.41, 5.74) is 3.46. The zero-order valence-corrected chi connectivity index (χ0v) is 11.2. The predicted molar refractivity (Wildman–Crippen MR) is 69.9 cm³/mol. The number of aryl methyl sites for hydroxylation is 1. The van der Waals surface area contributed by atoms with Gasteiger partial charge in [-0.1, -0.05) is 39.8 Å². The summed E-state index contributed by atoms with van der Waals surface area (Å²) in [6.07, 6.45) is 2.05. The van der Waals surface area contributed by atoms with Crippen molar-refractivity contribution >= 4 is 0 Å². The van der Waals surface area contributed by atoms with Gasteiger partial charge in [-0.15, -0.1) is 0 Å². The molecule has 0 saturated heterocycles. The second kappa shape index (κ2) is 5.38. The molecule has 0 atom stereocenters. The van der Waals surface area contributed by atoms with Crippen molar-refractivity contribution in [1.29, 1.82) is 0 Å². The molecule has 0 aliphatic carbocycles. The van der Waals surface area contributed by atoms with Gasteiger partial charge in [-0.05, 0) is 48.3 Å². The minimum absolute atomic E-state index is 0.487. The molecular weight excluding hydrogens is 196 g/mol. The summed E-state index contributed by atoms with van der Waals surface area (Å²) in [6, 6.07) is 4.28. The number of rotatable bonds is 4. The Morgan fingerprint density at radius 1 is 1.00 bits per heavy atom. The van der Waals surface area contributed by atoms with Gasteiger partial charge in [0.2, 0.25) is 0 Å². The molecule has 0 aliphatic rings. The van der Waals surface area contributed by atoms with Gasteiger partial charge >= 0.3 is 0 Å². The average molecular weight is 220 g/mol. The highest BCUT2D eigenvalue weighted by molar-refractivity contribution is 5.43. The summed E-state index contributed by atoms with van der Waals surface area (Å²) in [5.74, 6) is 1.73. The normalized spacial score (nSPS) is 11.4. The number of aromatic hydroxyl groups is 1. The minimum Gasteiger partial charge on any atom is -0.507 e. The molecule has 0 spiro atoms. The lowest BCUT2D eigenvalue weighted by Gasteiger charge is -2.13. The van der Waals surface area contributed by atoms with Gasteiger partial charge in [-0.25, -0.2) is 0 Å². The van der Waals surface area contributed by atoms with E-state index >= 15 is 0 Å². The van der Waals surface area contributed by atoms with E-state index in [0.29, 0.717) is 17.6 Å². The maximum absolute atomic E-state index is 10.0. The van der Waals surface area contributed by atoms with Gasteiger partial charge in [0.25, 0.3) is 0 Å². The number of benzene rings is 1. The first-order chi connectivity index (χ1) is 7.40. The largest absolute Gasteiger partial charge is 0.507 e. The molecule has 1 nitrogen and oxygen atoms in total. The highest BCUT2D eigenvalue weighted by Crippen LogP contribution is 2.27. The summed E-state index contributed by atoms with van der Waals surface area (Å²) in [7, 11) is 0. The average Bonchev–Trinajstić information content (AvgIpc) is 2.11. The van der Waals surface area contributed by atoms with Crippen LogP contribution in [0.5, 0.6) is 5.75 Å². The lowest BCUT2D eigenvalue weighted by molar-refractivity contribution is 0.457. The van der Waals surface area contributed by atoms with Gasteiger partial charge in [0.15, 0.2) is 0 Å². The van der Waals surface area contributed by atoms with Gasteiger partial charge in [0.05, 0.1) is 0 Å². The zero-order valence-electron chi connectivity index (χ0n) is 11.2. The van der Waals surface area contributed by atoms with Crippen LogP contribution in [-0.2, 0) is 12.8 Å². The Morgan fingerprint density at radius 3 is 2.06 bits per heavy atom. The van der Waals surface area contributed by atoms with Crippen LogP contribution in [-0.4, -0.2) is 5.11 Å². The Kier molecular flexibility index (Phi) is 4.40. The first-order valence-electron chi connectivity index (χ1n) is 6.21. The Bertz CT molecular complexity index is 351. The topological polar surface area (TPSA) is 20.2 Å². The molecule has 0 bridgehead atoms. The molecule has 0 aromatic heterocycles. The minimum atomic E-state index is 0.487. The maximum atomic E-state index is 10.0. The number of hydrogen-bond donors (Lipinski definition) is 1. The molecule has 16 heavy (non-hydrogen) atoms. The molecule has 0 radical (unpaired) electrons. The molecule has 90 valence electrons. The number of phenolic OH excluding ortho intramolecular Hbond substituents is 1. The SMILES string of the molecule is Cc1cc(CC(C)C)cc(CC(C)C)c1O. The maximum Gasteiger partial charge on any atom is 0.121 e. The molecule has 1 N–H and O–H groups in total. The molecule has 0 fully saturated rings. The van der Waals surface area contributed by atoms with Crippen molar-refractivity contribution in [3.05, 3.63) is 28.8 Å². The first-order valence-corrected chi connectivity index (χ1v) is 6.21. The summed E-state index contributed by atoms with van der Waals surface area (Å²) in [6.45, 7) is 10.8. The van der Waals surface area contributed by atoms with E-state index in [2.05, 4.69) is 39.8 Å². The highest BCUT2D eigenvalue weighted by Gasteiger charge is 2.09. The third kappa shape index (κ3) is 3.55. The summed E-state index contributed by atoms with van der Waals surface area (Å²) in [5, 5.41) is 10.0. The van der Waals surface area contributed by atoms with Crippen molar-refractivity contribution in [2.75, 3.05) is 0 Å². The Hall–Kier alpha value is -0.980. The lowest BCUT2D eigenvalue weighted by atomic mass is 9.94. The molecule has 1 aromatic rings. The first kappa shape index (κ1) is 13.1. The van der Waals surface area contributed by atoms with Crippen molar-refractivity contribution in [1.82, 2.24) is 0 Å². The van der Waals surface area contributed by atoms with Gasteiger partial charge < -0.3 is 5.11 Å². The summed E-state index contributed by atoms with van der Waals surface area (Å²) >= 11 is 0. The van der Waals surface area contributed by atoms with Crippen molar-refractivity contribution in [3.8, 4) is 5.75 Å². The van der Waals surface area contributed by atoms with Crippen LogP contribution in [0.3, 0.4) is 0 Å². The molecule has 1 heteroatoms. The van der Waals surface area contributed by atoms with Crippen molar-refractivity contribution in [2.45, 2.75) is 47.5 Å². The standard InChI is InChI=1S/C15H24O/c1-10(2)6-13-8-12(5)15(16)14(9-13)7-11(3)4/h8-11,16H,6-7H2,1-5H3. The van der Waals surface area contributed by atoms with Crippen LogP contribution < -0.4 is 0 Å². The second-order valence-electron chi connectivity index (χ2n) is 5.62. The zero-order chi connectivity index (χ0) is 12.3. The van der Waals surface area contributed by atoms with Crippen LogP contribution in [0.1, 0.15) is 44.4 Å². The van der Waals surface area contributed by atoms with E-state index in [9.17, 15) is 5.11 Å². The van der Waals surface area contributed by atoms with E-state index in [-0.39, 0.29) is 0 Å². The molecule has 0 saturated carbocycles. The predicted octanol–water partition coefficient (Wildman–Crippen LogP) is 4.10. The fourth-order valence-electron chi connectivity index (χ4n) is 2.12. The number of hydrogen-bond acceptors (Lipinski definition) is 1. The molecule has 1 rings (SSSR count). The monoisotopic (exact) mass is 220 g/mol. The molecular formula is C15H24O. The van der Waals surface area contributed by atoms with E-state index in [0.717, 1.165) is 24.0 Å². The molecule has 0 amide bonds. The Balaban J connectivity index is 3.01. The summed E-state index contributed by atoms with van der Waals surface area (Å²) in [4.78, 5) is 0. The van der Waals surface area contributed by atoms with Crippen LogP contribution in [0.15, 0.2) is 12.1 Å². The Morgan fingerprint density at radius 2 is 1.56 bits per heavy atom. The fraction of sp³-hybridized carbons (Fsp3) is 0.600. The van der Waals surface area contributed by atoms with Gasteiger partial charge in [0, 0.05) is 0 Å². The van der Waals surface area contributed by atoms with Crippen LogP contribution in [0.4, 0.5) is 0 Å². The quantitative estimate of drug-likeness (QED) is 0.810. The van der Waals surface area contributed by atoms with E-state index in [1.807, 2.05) is 6.92 Å². The third-order valence-corrected chi connectivity index (χ3v) is 2.71. The van der Waals surface area contributed by atoms with E-state index in [1.165, 1.54) is 5.56 Å². The van der Waals surface area contributed by atoms with Crippen LogP contribution in [0, 0.1) is 18.8 Å². The third-order valence-electron chi connectivity index (χ3n) is 2.71. The molecule has 0 aliphatic heterocycles. The fourth-order valence-corrected chi connectivity index (χ4v) is 2.12. The molecule has 1 aromatic carbocycles. The van der Waals surface area contributed by atoms with Gasteiger partial charge in [-0.3, -0.25) is 0 Å². The smallest absolute Gasteiger partial charge is 0.121 e. The lowest BCUT2D eigenvalue weighted by Crippen LogP contribution is -2.00. The molecule has 0 unspecified atom stereocenters. The molecule has 0 heterocycles.